The number of rotatable bonds is 7. The molecule has 0 radical (unpaired) electrons. The predicted octanol–water partition coefficient (Wildman–Crippen LogP) is 1.61. The van der Waals surface area contributed by atoms with Gasteiger partial charge in [-0.05, 0) is 52.4 Å². The minimum atomic E-state index is 0.120. The number of methoxy groups -OCH3 is 1. The van der Waals surface area contributed by atoms with Crippen LogP contribution in [-0.4, -0.2) is 79.3 Å². The second-order valence-electron chi connectivity index (χ2n) is 7.99. The third-order valence-electron chi connectivity index (χ3n) is 5.81. The Morgan fingerprint density at radius 2 is 1.79 bits per heavy atom. The third kappa shape index (κ3) is 4.94. The Morgan fingerprint density at radius 1 is 1.03 bits per heavy atom. The summed E-state index contributed by atoms with van der Waals surface area (Å²) in [6, 6.07) is 15.2. The van der Waals surface area contributed by atoms with Crippen molar-refractivity contribution >= 4 is 5.91 Å². The van der Waals surface area contributed by atoms with Crippen molar-refractivity contribution in [1.82, 2.24) is 40.1 Å². The molecule has 0 unspecified atom stereocenters. The molecule has 11 nitrogen and oxygen atoms in total. The van der Waals surface area contributed by atoms with Gasteiger partial charge in [-0.25, -0.2) is 4.68 Å². The molecule has 1 fully saturated rings. The monoisotopic (exact) mass is 460 g/mol. The Bertz CT molecular complexity index is 1210. The Labute approximate surface area is 195 Å². The van der Waals surface area contributed by atoms with Crippen LogP contribution in [0.2, 0.25) is 0 Å². The van der Waals surface area contributed by atoms with E-state index in [4.69, 9.17) is 9.26 Å². The molecule has 0 aliphatic carbocycles. The van der Waals surface area contributed by atoms with Gasteiger partial charge in [-0.1, -0.05) is 17.3 Å². The van der Waals surface area contributed by atoms with Crippen molar-refractivity contribution in [2.75, 3.05) is 33.3 Å². The van der Waals surface area contributed by atoms with E-state index in [9.17, 15) is 4.79 Å². The lowest BCUT2D eigenvalue weighted by Crippen LogP contribution is -2.48. The van der Waals surface area contributed by atoms with Crippen LogP contribution in [-0.2, 0) is 17.8 Å². The summed E-state index contributed by atoms with van der Waals surface area (Å²) in [6.07, 6.45) is 1.90. The number of aromatic nitrogens is 6. The van der Waals surface area contributed by atoms with Crippen LogP contribution in [0.4, 0.5) is 0 Å². The maximum atomic E-state index is 12.8. The van der Waals surface area contributed by atoms with E-state index >= 15 is 0 Å². The van der Waals surface area contributed by atoms with Crippen LogP contribution in [0.1, 0.15) is 11.5 Å². The summed E-state index contributed by atoms with van der Waals surface area (Å²) in [4.78, 5) is 21.4. The van der Waals surface area contributed by atoms with Gasteiger partial charge < -0.3 is 14.2 Å². The average Bonchev–Trinajstić information content (AvgIpc) is 3.58. The van der Waals surface area contributed by atoms with Crippen LogP contribution in [0.15, 0.2) is 59.4 Å². The lowest BCUT2D eigenvalue weighted by molar-refractivity contribution is -0.132. The number of hydrogen-bond acceptors (Lipinski definition) is 9. The van der Waals surface area contributed by atoms with Gasteiger partial charge in [0.15, 0.2) is 0 Å². The molecule has 174 valence electrons. The molecule has 0 N–H and O–H groups in total. The van der Waals surface area contributed by atoms with Gasteiger partial charge in [-0.2, -0.15) is 4.98 Å². The van der Waals surface area contributed by atoms with Crippen molar-refractivity contribution in [3.63, 3.8) is 0 Å². The molecule has 0 saturated carbocycles. The first-order chi connectivity index (χ1) is 16.7. The normalized spacial score (nSPS) is 14.3. The van der Waals surface area contributed by atoms with Gasteiger partial charge in [-0.3, -0.25) is 9.69 Å². The zero-order chi connectivity index (χ0) is 23.3. The van der Waals surface area contributed by atoms with Crippen LogP contribution in [0.25, 0.3) is 17.1 Å². The summed E-state index contributed by atoms with van der Waals surface area (Å²) in [5.74, 6) is 2.02. The minimum Gasteiger partial charge on any atom is -0.497 e. The zero-order valence-electron chi connectivity index (χ0n) is 18.7. The minimum absolute atomic E-state index is 0.120. The van der Waals surface area contributed by atoms with E-state index in [2.05, 4.69) is 30.6 Å². The smallest absolute Gasteiger partial charge is 0.241 e. The first-order valence-corrected chi connectivity index (χ1v) is 11.0. The van der Waals surface area contributed by atoms with Gasteiger partial charge in [0.2, 0.25) is 17.6 Å². The maximum absolute atomic E-state index is 12.8. The highest BCUT2D eigenvalue weighted by molar-refractivity contribution is 5.79. The largest absolute Gasteiger partial charge is 0.497 e. The molecule has 5 rings (SSSR count). The molecule has 1 aliphatic rings. The molecule has 0 spiro atoms. The van der Waals surface area contributed by atoms with E-state index in [1.165, 1.54) is 6.33 Å². The Hall–Kier alpha value is -4.12. The first-order valence-electron chi connectivity index (χ1n) is 11.0. The quantitative estimate of drug-likeness (QED) is 0.405. The molecule has 11 heteroatoms. The van der Waals surface area contributed by atoms with Crippen LogP contribution in [0.5, 0.6) is 5.75 Å². The second-order valence-corrected chi connectivity index (χ2v) is 7.99. The number of amides is 1. The standard InChI is InChI=1S/C23H24N8O3/c1-33-20-8-4-18(5-9-20)23-25-21(34-26-23)15-29-10-12-30(13-11-29)22(32)14-17-2-6-19(7-3-17)31-16-24-27-28-31/h2-9,16H,10-15H2,1H3. The molecule has 2 aromatic heterocycles. The van der Waals surface area contributed by atoms with Gasteiger partial charge in [-0.15, -0.1) is 5.10 Å². The number of nitrogens with zero attached hydrogens (tertiary/aromatic N) is 8. The number of carbonyl (C=O) groups excluding carboxylic acids is 1. The summed E-state index contributed by atoms with van der Waals surface area (Å²) in [5, 5.41) is 15.2. The molecular weight excluding hydrogens is 436 g/mol. The third-order valence-corrected chi connectivity index (χ3v) is 5.81. The molecular formula is C23H24N8O3. The van der Waals surface area contributed by atoms with Gasteiger partial charge in [0.25, 0.3) is 0 Å². The summed E-state index contributed by atoms with van der Waals surface area (Å²) in [7, 11) is 1.63. The molecule has 0 bridgehead atoms. The van der Waals surface area contributed by atoms with Crippen molar-refractivity contribution in [3.05, 3.63) is 66.3 Å². The lowest BCUT2D eigenvalue weighted by Gasteiger charge is -2.34. The van der Waals surface area contributed by atoms with Gasteiger partial charge in [0.05, 0.1) is 25.8 Å². The van der Waals surface area contributed by atoms with Gasteiger partial charge >= 0.3 is 0 Å². The number of piperazine rings is 1. The van der Waals surface area contributed by atoms with E-state index in [1.54, 1.807) is 11.8 Å². The van der Waals surface area contributed by atoms with Crippen molar-refractivity contribution in [3.8, 4) is 22.8 Å². The van der Waals surface area contributed by atoms with Crippen molar-refractivity contribution < 1.29 is 14.1 Å². The highest BCUT2D eigenvalue weighted by Gasteiger charge is 2.23. The fourth-order valence-corrected chi connectivity index (χ4v) is 3.86. The summed E-state index contributed by atoms with van der Waals surface area (Å²) in [6.45, 7) is 3.40. The molecule has 2 aromatic carbocycles. The molecule has 1 amide bonds. The maximum Gasteiger partial charge on any atom is 0.241 e. The number of hydrogen-bond donors (Lipinski definition) is 0. The fourth-order valence-electron chi connectivity index (χ4n) is 3.86. The number of carbonyl (C=O) groups is 1. The van der Waals surface area contributed by atoms with E-state index < -0.39 is 0 Å². The van der Waals surface area contributed by atoms with E-state index in [0.29, 0.717) is 37.8 Å². The van der Waals surface area contributed by atoms with Gasteiger partial charge in [0.1, 0.15) is 12.1 Å². The number of tetrazole rings is 1. The fraction of sp³-hybridized carbons (Fsp3) is 0.304. The molecule has 34 heavy (non-hydrogen) atoms. The summed E-state index contributed by atoms with van der Waals surface area (Å²) >= 11 is 0. The molecule has 0 atom stereocenters. The molecule has 4 aromatic rings. The summed E-state index contributed by atoms with van der Waals surface area (Å²) < 4.78 is 12.2. The van der Waals surface area contributed by atoms with E-state index in [-0.39, 0.29) is 5.91 Å². The zero-order valence-corrected chi connectivity index (χ0v) is 18.7. The molecule has 1 saturated heterocycles. The van der Waals surface area contributed by atoms with Crippen molar-refractivity contribution in [1.29, 1.82) is 0 Å². The Kier molecular flexibility index (Phi) is 6.25. The van der Waals surface area contributed by atoms with Crippen molar-refractivity contribution in [2.24, 2.45) is 0 Å². The number of ether oxygens (including phenoxy) is 1. The Morgan fingerprint density at radius 3 is 2.47 bits per heavy atom. The summed E-state index contributed by atoms with van der Waals surface area (Å²) in [5.41, 5.74) is 2.68. The van der Waals surface area contributed by atoms with Gasteiger partial charge in [0, 0.05) is 31.7 Å². The van der Waals surface area contributed by atoms with Crippen LogP contribution < -0.4 is 4.74 Å². The van der Waals surface area contributed by atoms with Crippen LogP contribution in [0, 0.1) is 0 Å². The highest BCUT2D eigenvalue weighted by Crippen LogP contribution is 2.20. The topological polar surface area (TPSA) is 115 Å². The first kappa shape index (κ1) is 21.7. The molecule has 1 aliphatic heterocycles. The van der Waals surface area contributed by atoms with Crippen LogP contribution in [0.3, 0.4) is 0 Å². The van der Waals surface area contributed by atoms with Crippen LogP contribution >= 0.6 is 0 Å². The lowest BCUT2D eigenvalue weighted by atomic mass is 10.1. The van der Waals surface area contributed by atoms with E-state index in [0.717, 1.165) is 35.7 Å². The number of benzene rings is 2. The predicted molar refractivity (Wildman–Crippen MR) is 121 cm³/mol. The average molecular weight is 460 g/mol. The Balaban J connectivity index is 1.11. The van der Waals surface area contributed by atoms with E-state index in [1.807, 2.05) is 53.4 Å². The second kappa shape index (κ2) is 9.79. The van der Waals surface area contributed by atoms with Crippen molar-refractivity contribution in [2.45, 2.75) is 13.0 Å². The SMILES string of the molecule is COc1ccc(-c2noc(CN3CCN(C(=O)Cc4ccc(-n5cnnn5)cc4)CC3)n2)cc1. The highest BCUT2D eigenvalue weighted by atomic mass is 16.5. The molecule has 3 heterocycles.